The highest BCUT2D eigenvalue weighted by atomic mass is 35.5. The summed E-state index contributed by atoms with van der Waals surface area (Å²) in [6.07, 6.45) is 0. The van der Waals surface area contributed by atoms with Crippen LogP contribution < -0.4 is 10.6 Å². The van der Waals surface area contributed by atoms with Crippen molar-refractivity contribution in [2.75, 3.05) is 31.5 Å². The molecule has 1 amide bonds. The number of hydrogen-bond donors (Lipinski definition) is 2. The molecule has 0 fully saturated rings. The lowest BCUT2D eigenvalue weighted by atomic mass is 10.1. The number of carbonyl (C=O) groups excluding carboxylic acids is 1. The Kier molecular flexibility index (Phi) is 5.31. The van der Waals surface area contributed by atoms with Gasteiger partial charge in [0, 0.05) is 25.2 Å². The van der Waals surface area contributed by atoms with E-state index in [1.54, 1.807) is 17.0 Å². The number of anilines is 1. The zero-order valence-corrected chi connectivity index (χ0v) is 13.6. The van der Waals surface area contributed by atoms with Crippen LogP contribution in [0.1, 0.15) is 24.2 Å². The molecule has 1 aromatic rings. The maximum atomic E-state index is 12.3. The Hall–Kier alpha value is -1.46. The molecule has 0 saturated carbocycles. The topological polar surface area (TPSA) is 56.7 Å². The number of carbonyl (C=O) groups is 1. The van der Waals surface area contributed by atoms with E-state index in [0.29, 0.717) is 40.3 Å². The predicted octanol–water partition coefficient (Wildman–Crippen LogP) is 2.85. The minimum Gasteiger partial charge on any atom is -0.354 e. The third kappa shape index (κ3) is 3.60. The van der Waals surface area contributed by atoms with Gasteiger partial charge in [0.15, 0.2) is 5.96 Å². The molecular weight excluding hydrogens is 311 g/mol. The fourth-order valence-corrected chi connectivity index (χ4v) is 2.69. The van der Waals surface area contributed by atoms with E-state index in [1.165, 1.54) is 0 Å². The summed E-state index contributed by atoms with van der Waals surface area (Å²) in [6.45, 7) is 6.66. The van der Waals surface area contributed by atoms with Crippen LogP contribution in [0.25, 0.3) is 0 Å². The third-order valence-electron chi connectivity index (χ3n) is 3.26. The molecule has 114 valence electrons. The van der Waals surface area contributed by atoms with Gasteiger partial charge >= 0.3 is 0 Å². The molecule has 0 atom stereocenters. The van der Waals surface area contributed by atoms with Gasteiger partial charge in [-0.2, -0.15) is 0 Å². The lowest BCUT2D eigenvalue weighted by molar-refractivity contribution is 0.0773. The molecule has 1 aromatic carbocycles. The summed E-state index contributed by atoms with van der Waals surface area (Å²) in [5, 5.41) is 6.93. The molecule has 2 N–H and O–H groups in total. The van der Waals surface area contributed by atoms with Gasteiger partial charge < -0.3 is 15.5 Å². The molecular formula is C14H18Cl2N4O. The molecule has 0 saturated heterocycles. The highest BCUT2D eigenvalue weighted by Gasteiger charge is 2.18. The summed E-state index contributed by atoms with van der Waals surface area (Å²) in [5.74, 6) is 0.563. The van der Waals surface area contributed by atoms with E-state index < -0.39 is 0 Å². The zero-order valence-electron chi connectivity index (χ0n) is 12.0. The second kappa shape index (κ2) is 7.00. The average Bonchev–Trinajstić information content (AvgIpc) is 2.97. The predicted molar refractivity (Wildman–Crippen MR) is 87.6 cm³/mol. The average molecular weight is 329 g/mol. The van der Waals surface area contributed by atoms with Crippen LogP contribution >= 0.6 is 23.2 Å². The summed E-state index contributed by atoms with van der Waals surface area (Å²) >= 11 is 12.5. The molecule has 0 aromatic heterocycles. The molecule has 1 aliphatic heterocycles. The van der Waals surface area contributed by atoms with Crippen molar-refractivity contribution in [3.05, 3.63) is 27.7 Å². The van der Waals surface area contributed by atoms with Crippen LogP contribution in [-0.2, 0) is 0 Å². The zero-order chi connectivity index (χ0) is 15.4. The van der Waals surface area contributed by atoms with Crippen LogP contribution in [0, 0.1) is 0 Å². The molecule has 7 heteroatoms. The van der Waals surface area contributed by atoms with Crippen molar-refractivity contribution < 1.29 is 4.79 Å². The van der Waals surface area contributed by atoms with Gasteiger partial charge in [-0.1, -0.05) is 23.2 Å². The third-order valence-corrected chi connectivity index (χ3v) is 3.85. The summed E-state index contributed by atoms with van der Waals surface area (Å²) in [5.41, 5.74) is 1.04. The van der Waals surface area contributed by atoms with Crippen molar-refractivity contribution in [3.8, 4) is 0 Å². The van der Waals surface area contributed by atoms with Crippen molar-refractivity contribution in [1.82, 2.24) is 10.2 Å². The molecule has 5 nitrogen and oxygen atoms in total. The summed E-state index contributed by atoms with van der Waals surface area (Å²) in [4.78, 5) is 18.3. The van der Waals surface area contributed by atoms with E-state index in [9.17, 15) is 4.79 Å². The fraction of sp³-hybridized carbons (Fsp3) is 0.429. The summed E-state index contributed by atoms with van der Waals surface area (Å²) < 4.78 is 0. The molecule has 0 aliphatic carbocycles. The number of nitrogens with one attached hydrogen (secondary N) is 2. The molecule has 21 heavy (non-hydrogen) atoms. The van der Waals surface area contributed by atoms with Crippen molar-refractivity contribution in [3.63, 3.8) is 0 Å². The number of benzene rings is 1. The number of amides is 1. The van der Waals surface area contributed by atoms with Crippen molar-refractivity contribution in [2.45, 2.75) is 13.8 Å². The number of nitrogens with zero attached hydrogens (tertiary/aromatic N) is 2. The van der Waals surface area contributed by atoms with Crippen LogP contribution in [0.5, 0.6) is 0 Å². The molecule has 1 aliphatic rings. The van der Waals surface area contributed by atoms with Gasteiger partial charge in [-0.15, -0.1) is 0 Å². The van der Waals surface area contributed by atoms with E-state index >= 15 is 0 Å². The lowest BCUT2D eigenvalue weighted by Crippen LogP contribution is -2.30. The highest BCUT2D eigenvalue weighted by molar-refractivity contribution is 6.40. The first kappa shape index (κ1) is 15.9. The molecule has 0 spiro atoms. The smallest absolute Gasteiger partial charge is 0.253 e. The Labute approximate surface area is 134 Å². The quantitative estimate of drug-likeness (QED) is 0.893. The maximum Gasteiger partial charge on any atom is 0.253 e. The molecule has 0 radical (unpaired) electrons. The summed E-state index contributed by atoms with van der Waals surface area (Å²) in [7, 11) is 0. The first-order valence-electron chi connectivity index (χ1n) is 6.90. The lowest BCUT2D eigenvalue weighted by Gasteiger charge is -2.19. The molecule has 2 rings (SSSR count). The highest BCUT2D eigenvalue weighted by Crippen LogP contribution is 2.32. The first-order chi connectivity index (χ1) is 10.1. The normalized spacial score (nSPS) is 13.6. The van der Waals surface area contributed by atoms with Crippen LogP contribution in [-0.4, -0.2) is 42.9 Å². The van der Waals surface area contributed by atoms with Gasteiger partial charge in [-0.05, 0) is 26.0 Å². The van der Waals surface area contributed by atoms with Crippen LogP contribution in [0.3, 0.4) is 0 Å². The Balaban J connectivity index is 2.26. The van der Waals surface area contributed by atoms with Gasteiger partial charge in [0.25, 0.3) is 5.91 Å². The van der Waals surface area contributed by atoms with Crippen LogP contribution in [0.4, 0.5) is 5.69 Å². The Morgan fingerprint density at radius 2 is 1.95 bits per heavy atom. The van der Waals surface area contributed by atoms with Gasteiger partial charge in [-0.3, -0.25) is 9.79 Å². The van der Waals surface area contributed by atoms with E-state index in [1.807, 2.05) is 13.8 Å². The number of guanidine groups is 1. The molecule has 1 heterocycles. The van der Waals surface area contributed by atoms with Crippen molar-refractivity contribution in [1.29, 1.82) is 0 Å². The van der Waals surface area contributed by atoms with Gasteiger partial charge in [0.1, 0.15) is 0 Å². The van der Waals surface area contributed by atoms with E-state index in [4.69, 9.17) is 23.2 Å². The maximum absolute atomic E-state index is 12.3. The van der Waals surface area contributed by atoms with Gasteiger partial charge in [0.05, 0.1) is 22.3 Å². The minimum atomic E-state index is -0.0771. The number of halogens is 2. The van der Waals surface area contributed by atoms with Crippen molar-refractivity contribution in [2.24, 2.45) is 4.99 Å². The fourth-order valence-electron chi connectivity index (χ4n) is 2.11. The molecule has 0 bridgehead atoms. The standard InChI is InChI=1S/C14H18Cl2N4O/c1-3-20(4-2)13(21)9-7-10(15)12(11(16)8-9)19-14-17-5-6-18-14/h7-8H,3-6H2,1-2H3,(H2,17,18,19). The largest absolute Gasteiger partial charge is 0.354 e. The number of hydrogen-bond acceptors (Lipinski definition) is 4. The van der Waals surface area contributed by atoms with E-state index in [0.717, 1.165) is 13.1 Å². The van der Waals surface area contributed by atoms with E-state index in [-0.39, 0.29) is 5.91 Å². The SMILES string of the molecule is CCN(CC)C(=O)c1cc(Cl)c(NC2=NCCN2)c(Cl)c1. The Morgan fingerprint density at radius 1 is 1.33 bits per heavy atom. The van der Waals surface area contributed by atoms with Crippen molar-refractivity contribution >= 4 is 40.8 Å². The second-order valence-corrected chi connectivity index (χ2v) is 5.39. The summed E-state index contributed by atoms with van der Waals surface area (Å²) in [6, 6.07) is 3.26. The van der Waals surface area contributed by atoms with E-state index in [2.05, 4.69) is 15.6 Å². The minimum absolute atomic E-state index is 0.0771. The first-order valence-corrected chi connectivity index (χ1v) is 7.66. The molecule has 0 unspecified atom stereocenters. The Morgan fingerprint density at radius 3 is 2.43 bits per heavy atom. The van der Waals surface area contributed by atoms with Gasteiger partial charge in [0.2, 0.25) is 0 Å². The number of rotatable bonds is 4. The van der Waals surface area contributed by atoms with Gasteiger partial charge in [-0.25, -0.2) is 0 Å². The number of aliphatic imine (C=N–C) groups is 1. The monoisotopic (exact) mass is 328 g/mol. The van der Waals surface area contributed by atoms with Crippen LogP contribution in [0.15, 0.2) is 17.1 Å². The second-order valence-electron chi connectivity index (χ2n) is 4.57. The Bertz CT molecular complexity index is 547. The van der Waals surface area contributed by atoms with Crippen LogP contribution in [0.2, 0.25) is 10.0 Å².